The van der Waals surface area contributed by atoms with Crippen molar-refractivity contribution in [3.8, 4) is 0 Å². The summed E-state index contributed by atoms with van der Waals surface area (Å²) in [4.78, 5) is 14.1. The van der Waals surface area contributed by atoms with Gasteiger partial charge in [-0.25, -0.2) is 12.7 Å². The number of rotatable bonds is 8. The van der Waals surface area contributed by atoms with Crippen LogP contribution in [0.4, 0.5) is 0 Å². The first-order chi connectivity index (χ1) is 14.3. The van der Waals surface area contributed by atoms with E-state index in [0.717, 1.165) is 27.6 Å². The Kier molecular flexibility index (Phi) is 7.07. The molecule has 158 valence electrons. The van der Waals surface area contributed by atoms with Crippen molar-refractivity contribution >= 4 is 27.3 Å². The molecule has 0 bridgehead atoms. The van der Waals surface area contributed by atoms with Crippen molar-refractivity contribution in [1.82, 2.24) is 9.62 Å². The highest BCUT2D eigenvalue weighted by atomic mass is 32.2. The predicted molar refractivity (Wildman–Crippen MR) is 121 cm³/mol. The summed E-state index contributed by atoms with van der Waals surface area (Å²) in [5, 5.41) is 5.05. The van der Waals surface area contributed by atoms with Crippen LogP contribution in [0, 0.1) is 0 Å². The molecule has 1 heterocycles. The van der Waals surface area contributed by atoms with Crippen molar-refractivity contribution < 1.29 is 13.2 Å². The Balaban J connectivity index is 1.89. The van der Waals surface area contributed by atoms with Crippen molar-refractivity contribution in [2.75, 3.05) is 14.1 Å². The van der Waals surface area contributed by atoms with Gasteiger partial charge in [0.1, 0.15) is 0 Å². The number of hydrogen-bond acceptors (Lipinski definition) is 4. The van der Waals surface area contributed by atoms with E-state index in [2.05, 4.69) is 24.4 Å². The molecule has 3 rings (SSSR count). The molecule has 0 saturated carbocycles. The second kappa shape index (κ2) is 9.55. The van der Waals surface area contributed by atoms with Crippen molar-refractivity contribution in [2.45, 2.75) is 30.7 Å². The van der Waals surface area contributed by atoms with Gasteiger partial charge in [0.15, 0.2) is 0 Å². The molecule has 0 radical (unpaired) electrons. The quantitative estimate of drug-likeness (QED) is 0.560. The van der Waals surface area contributed by atoms with Gasteiger partial charge in [0.2, 0.25) is 10.0 Å². The van der Waals surface area contributed by atoms with Crippen molar-refractivity contribution in [2.24, 2.45) is 0 Å². The summed E-state index contributed by atoms with van der Waals surface area (Å²) in [6.07, 6.45) is 2.10. The Bertz CT molecular complexity index is 1090. The summed E-state index contributed by atoms with van der Waals surface area (Å²) in [5.74, 6) is -0.318. The molecule has 7 heteroatoms. The molecule has 0 fully saturated rings. The minimum absolute atomic E-state index is 0.0942. The normalized spacial score (nSPS) is 12.7. The van der Waals surface area contributed by atoms with Gasteiger partial charge < -0.3 is 5.32 Å². The first-order valence-corrected chi connectivity index (χ1v) is 12.1. The fourth-order valence-electron chi connectivity index (χ4n) is 3.16. The molecule has 2 aromatic carbocycles. The average molecular weight is 443 g/mol. The molecule has 0 saturated heterocycles. The molecule has 5 nitrogen and oxygen atoms in total. The first kappa shape index (κ1) is 22.2. The Labute approximate surface area is 182 Å². The number of carbonyl (C=O) groups excluding carboxylic acids is 1. The van der Waals surface area contributed by atoms with Crippen LogP contribution in [0.5, 0.6) is 0 Å². The van der Waals surface area contributed by atoms with Crippen LogP contribution >= 0.6 is 11.3 Å². The van der Waals surface area contributed by atoms with Gasteiger partial charge in [-0.1, -0.05) is 49.7 Å². The number of carbonyl (C=O) groups is 1. The zero-order valence-electron chi connectivity index (χ0n) is 17.3. The summed E-state index contributed by atoms with van der Waals surface area (Å²) >= 11 is 1.57. The number of thiophene rings is 1. The topological polar surface area (TPSA) is 66.5 Å². The third kappa shape index (κ3) is 4.98. The van der Waals surface area contributed by atoms with Crippen LogP contribution in [0.15, 0.2) is 70.9 Å². The maximum atomic E-state index is 13.0. The van der Waals surface area contributed by atoms with Gasteiger partial charge in [-0.15, -0.1) is 11.3 Å². The van der Waals surface area contributed by atoms with Crippen LogP contribution in [0.3, 0.4) is 0 Å². The Morgan fingerprint density at radius 3 is 2.40 bits per heavy atom. The van der Waals surface area contributed by atoms with E-state index in [1.807, 2.05) is 29.6 Å². The van der Waals surface area contributed by atoms with E-state index < -0.39 is 10.0 Å². The zero-order chi connectivity index (χ0) is 21.7. The minimum Gasteiger partial charge on any atom is -0.340 e. The lowest BCUT2D eigenvalue weighted by atomic mass is 10.0. The van der Waals surface area contributed by atoms with Gasteiger partial charge in [0.05, 0.1) is 10.9 Å². The largest absolute Gasteiger partial charge is 0.340 e. The van der Waals surface area contributed by atoms with Crippen LogP contribution in [0.25, 0.3) is 0 Å². The van der Waals surface area contributed by atoms with Crippen LogP contribution in [-0.2, 0) is 16.4 Å². The van der Waals surface area contributed by atoms with Crippen molar-refractivity contribution in [3.05, 3.63) is 87.6 Å². The highest BCUT2D eigenvalue weighted by molar-refractivity contribution is 7.89. The molecule has 0 aliphatic rings. The Morgan fingerprint density at radius 1 is 1.07 bits per heavy atom. The lowest BCUT2D eigenvalue weighted by molar-refractivity contribution is 0.0943. The Hall–Kier alpha value is -2.48. The van der Waals surface area contributed by atoms with Crippen LogP contribution in [0.1, 0.15) is 45.7 Å². The van der Waals surface area contributed by atoms with Crippen LogP contribution < -0.4 is 5.32 Å². The monoisotopic (exact) mass is 442 g/mol. The molecule has 0 aliphatic carbocycles. The molecule has 0 spiro atoms. The van der Waals surface area contributed by atoms with Gasteiger partial charge in [-0.05, 0) is 47.2 Å². The number of nitrogens with one attached hydrogen (secondary N) is 1. The number of nitrogens with zero attached hydrogens (tertiary/aromatic N) is 1. The van der Waals surface area contributed by atoms with E-state index in [0.29, 0.717) is 5.56 Å². The molecule has 1 atom stereocenters. The fraction of sp³-hybridized carbons (Fsp3) is 0.261. The van der Waals surface area contributed by atoms with E-state index in [1.54, 1.807) is 23.5 Å². The number of aryl methyl sites for hydroxylation is 1. The third-order valence-electron chi connectivity index (χ3n) is 4.83. The van der Waals surface area contributed by atoms with Crippen LogP contribution in [0.2, 0.25) is 0 Å². The summed E-state index contributed by atoms with van der Waals surface area (Å²) in [6, 6.07) is 18.0. The van der Waals surface area contributed by atoms with E-state index >= 15 is 0 Å². The SMILES string of the molecule is CCCc1ccc(C(NC(=O)c2cccc(S(=O)(=O)N(C)C)c2)c2cccs2)cc1. The van der Waals surface area contributed by atoms with E-state index in [1.165, 1.54) is 31.8 Å². The highest BCUT2D eigenvalue weighted by Crippen LogP contribution is 2.27. The minimum atomic E-state index is -3.61. The summed E-state index contributed by atoms with van der Waals surface area (Å²) in [6.45, 7) is 2.15. The predicted octanol–water partition coefficient (Wildman–Crippen LogP) is 4.47. The molecule has 3 aromatic rings. The molecule has 1 aromatic heterocycles. The average Bonchev–Trinajstić information content (AvgIpc) is 3.27. The van der Waals surface area contributed by atoms with Gasteiger partial charge in [-0.3, -0.25) is 4.79 Å². The number of sulfonamides is 1. The van der Waals surface area contributed by atoms with Gasteiger partial charge in [0, 0.05) is 24.5 Å². The maximum absolute atomic E-state index is 13.0. The third-order valence-corrected chi connectivity index (χ3v) is 7.58. The summed E-state index contributed by atoms with van der Waals surface area (Å²) in [5.41, 5.74) is 2.56. The van der Waals surface area contributed by atoms with Gasteiger partial charge >= 0.3 is 0 Å². The number of hydrogen-bond donors (Lipinski definition) is 1. The molecule has 30 heavy (non-hydrogen) atoms. The van der Waals surface area contributed by atoms with Crippen molar-refractivity contribution in [1.29, 1.82) is 0 Å². The summed E-state index contributed by atoms with van der Waals surface area (Å²) in [7, 11) is -0.673. The molecule has 1 unspecified atom stereocenters. The van der Waals surface area contributed by atoms with E-state index in [9.17, 15) is 13.2 Å². The smallest absolute Gasteiger partial charge is 0.252 e. The van der Waals surface area contributed by atoms with Crippen LogP contribution in [-0.4, -0.2) is 32.7 Å². The second-order valence-corrected chi connectivity index (χ2v) is 10.4. The molecular weight excluding hydrogens is 416 g/mol. The number of benzene rings is 2. The lowest BCUT2D eigenvalue weighted by Gasteiger charge is -2.19. The van der Waals surface area contributed by atoms with Crippen molar-refractivity contribution in [3.63, 3.8) is 0 Å². The van der Waals surface area contributed by atoms with E-state index in [-0.39, 0.29) is 16.8 Å². The second-order valence-electron chi connectivity index (χ2n) is 7.23. The van der Waals surface area contributed by atoms with Gasteiger partial charge in [-0.2, -0.15) is 0 Å². The highest BCUT2D eigenvalue weighted by Gasteiger charge is 2.22. The molecule has 0 aliphatic heterocycles. The first-order valence-electron chi connectivity index (χ1n) is 9.78. The summed E-state index contributed by atoms with van der Waals surface area (Å²) < 4.78 is 26.0. The number of amides is 1. The fourth-order valence-corrected chi connectivity index (χ4v) is 4.91. The zero-order valence-corrected chi connectivity index (χ0v) is 19.0. The standard InChI is InChI=1S/C23H26N2O3S2/c1-4-7-17-11-13-18(14-12-17)22(21-10-6-15-29-21)24-23(26)19-8-5-9-20(16-19)30(27,28)25(2)3/h5-6,8-16,22H,4,7H2,1-3H3,(H,24,26). The molecular formula is C23H26N2O3S2. The molecule has 1 amide bonds. The molecule has 1 N–H and O–H groups in total. The van der Waals surface area contributed by atoms with E-state index in [4.69, 9.17) is 0 Å². The Morgan fingerprint density at radius 2 is 1.80 bits per heavy atom. The lowest BCUT2D eigenvalue weighted by Crippen LogP contribution is -2.29. The van der Waals surface area contributed by atoms with Gasteiger partial charge in [0.25, 0.3) is 5.91 Å². The maximum Gasteiger partial charge on any atom is 0.252 e.